The standard InChI is InChI=1S/C28H24N6O2S/c1-19-6-4-7-20(2)27(19)30-28-33(26(17-37-28)23-8-5-9-25(16-23)34(35)36)31-21(3)22-10-12-24(13-11-22)32-15-14-29-18-32/h4-18H,1-3H3. The first-order valence-corrected chi connectivity index (χ1v) is 12.5. The van der Waals surface area contributed by atoms with Gasteiger partial charge in [0.2, 0.25) is 4.80 Å². The van der Waals surface area contributed by atoms with Crippen molar-refractivity contribution in [3.05, 3.63) is 122 Å². The number of imidazole rings is 1. The third kappa shape index (κ3) is 5.03. The number of nitrogens with zero attached hydrogens (tertiary/aromatic N) is 6. The Kier molecular flexibility index (Phi) is 6.61. The Balaban J connectivity index is 1.65. The van der Waals surface area contributed by atoms with Gasteiger partial charge in [-0.15, -0.1) is 11.3 Å². The van der Waals surface area contributed by atoms with Crippen LogP contribution in [0.2, 0.25) is 0 Å². The van der Waals surface area contributed by atoms with Gasteiger partial charge in [-0.2, -0.15) is 5.10 Å². The quantitative estimate of drug-likeness (QED) is 0.150. The van der Waals surface area contributed by atoms with Crippen molar-refractivity contribution in [3.8, 4) is 16.9 Å². The SMILES string of the molecule is CC(=Nn1c(-c2cccc([N+](=O)[O-])c2)csc1=Nc1c(C)cccc1C)c1ccc(-n2ccnc2)cc1. The number of nitro benzene ring substituents is 1. The lowest BCUT2D eigenvalue weighted by molar-refractivity contribution is -0.384. The molecule has 5 aromatic rings. The number of para-hydroxylation sites is 1. The highest BCUT2D eigenvalue weighted by atomic mass is 32.1. The van der Waals surface area contributed by atoms with Gasteiger partial charge < -0.3 is 4.57 Å². The van der Waals surface area contributed by atoms with Gasteiger partial charge in [0.1, 0.15) is 0 Å². The van der Waals surface area contributed by atoms with E-state index in [4.69, 9.17) is 10.1 Å². The largest absolute Gasteiger partial charge is 0.306 e. The summed E-state index contributed by atoms with van der Waals surface area (Å²) in [5.41, 5.74) is 7.20. The molecule has 0 bridgehead atoms. The molecule has 0 aliphatic rings. The lowest BCUT2D eigenvalue weighted by Crippen LogP contribution is -2.14. The molecule has 184 valence electrons. The van der Waals surface area contributed by atoms with Gasteiger partial charge in [0.15, 0.2) is 0 Å². The fourth-order valence-electron chi connectivity index (χ4n) is 4.02. The molecular formula is C28H24N6O2S. The summed E-state index contributed by atoms with van der Waals surface area (Å²) in [6.07, 6.45) is 5.39. The average Bonchev–Trinajstić information content (AvgIpc) is 3.57. The fraction of sp³-hybridized carbons (Fsp3) is 0.107. The first-order chi connectivity index (χ1) is 17.9. The molecule has 0 unspecified atom stereocenters. The number of rotatable bonds is 6. The lowest BCUT2D eigenvalue weighted by Gasteiger charge is -2.08. The molecule has 0 N–H and O–H groups in total. The Morgan fingerprint density at radius 1 is 1.03 bits per heavy atom. The summed E-state index contributed by atoms with van der Waals surface area (Å²) >= 11 is 1.44. The number of hydrogen-bond donors (Lipinski definition) is 0. The van der Waals surface area contributed by atoms with Crippen LogP contribution in [0.25, 0.3) is 16.9 Å². The first-order valence-electron chi connectivity index (χ1n) is 11.6. The van der Waals surface area contributed by atoms with Crippen LogP contribution in [0.3, 0.4) is 0 Å². The van der Waals surface area contributed by atoms with Crippen molar-refractivity contribution in [3.63, 3.8) is 0 Å². The molecule has 0 amide bonds. The van der Waals surface area contributed by atoms with E-state index < -0.39 is 4.92 Å². The van der Waals surface area contributed by atoms with Gasteiger partial charge in [0.25, 0.3) is 5.69 Å². The highest BCUT2D eigenvalue weighted by Crippen LogP contribution is 2.27. The molecule has 2 heterocycles. The predicted octanol–water partition coefficient (Wildman–Crippen LogP) is 6.43. The second-order valence-corrected chi connectivity index (χ2v) is 9.41. The van der Waals surface area contributed by atoms with Crippen molar-refractivity contribution in [2.24, 2.45) is 10.1 Å². The third-order valence-electron chi connectivity index (χ3n) is 6.02. The number of hydrogen-bond acceptors (Lipinski definition) is 6. The van der Waals surface area contributed by atoms with E-state index in [1.54, 1.807) is 29.3 Å². The molecule has 0 atom stereocenters. The molecule has 0 spiro atoms. The Morgan fingerprint density at radius 3 is 2.43 bits per heavy atom. The van der Waals surface area contributed by atoms with Gasteiger partial charge in [0.05, 0.1) is 28.3 Å². The molecule has 0 aliphatic heterocycles. The van der Waals surface area contributed by atoms with E-state index in [0.717, 1.165) is 39.5 Å². The molecular weight excluding hydrogens is 484 g/mol. The van der Waals surface area contributed by atoms with Crippen LogP contribution in [0.4, 0.5) is 11.4 Å². The topological polar surface area (TPSA) is 90.6 Å². The molecule has 9 heteroatoms. The van der Waals surface area contributed by atoms with E-state index in [9.17, 15) is 10.1 Å². The van der Waals surface area contributed by atoms with Crippen LogP contribution < -0.4 is 4.80 Å². The number of nitro groups is 1. The maximum absolute atomic E-state index is 11.4. The summed E-state index contributed by atoms with van der Waals surface area (Å²) in [4.78, 5) is 20.8. The van der Waals surface area contributed by atoms with Crippen LogP contribution in [0.1, 0.15) is 23.6 Å². The zero-order chi connectivity index (χ0) is 25.9. The van der Waals surface area contributed by atoms with E-state index in [2.05, 4.69) is 4.98 Å². The fourth-order valence-corrected chi connectivity index (χ4v) is 4.86. The van der Waals surface area contributed by atoms with Crippen molar-refractivity contribution < 1.29 is 4.92 Å². The molecule has 0 aliphatic carbocycles. The van der Waals surface area contributed by atoms with Gasteiger partial charge >= 0.3 is 0 Å². The highest BCUT2D eigenvalue weighted by Gasteiger charge is 2.14. The number of non-ortho nitro benzene ring substituents is 1. The summed E-state index contributed by atoms with van der Waals surface area (Å²) in [7, 11) is 0. The van der Waals surface area contributed by atoms with Gasteiger partial charge in [-0.3, -0.25) is 10.1 Å². The lowest BCUT2D eigenvalue weighted by atomic mass is 10.1. The van der Waals surface area contributed by atoms with E-state index >= 15 is 0 Å². The Hall–Kier alpha value is -4.63. The Bertz CT molecular complexity index is 1660. The molecule has 0 saturated carbocycles. The van der Waals surface area contributed by atoms with Gasteiger partial charge in [-0.25, -0.2) is 14.7 Å². The van der Waals surface area contributed by atoms with E-state index in [1.807, 2.05) is 85.4 Å². The van der Waals surface area contributed by atoms with Crippen molar-refractivity contribution in [2.45, 2.75) is 20.8 Å². The Morgan fingerprint density at radius 2 is 1.76 bits per heavy atom. The normalized spacial score (nSPS) is 12.2. The molecule has 0 radical (unpaired) electrons. The van der Waals surface area contributed by atoms with Gasteiger partial charge in [0, 0.05) is 41.2 Å². The summed E-state index contributed by atoms with van der Waals surface area (Å²) < 4.78 is 3.71. The molecule has 8 nitrogen and oxygen atoms in total. The summed E-state index contributed by atoms with van der Waals surface area (Å²) in [5.74, 6) is 0. The number of thiazole rings is 1. The van der Waals surface area contributed by atoms with Crippen LogP contribution in [0.5, 0.6) is 0 Å². The third-order valence-corrected chi connectivity index (χ3v) is 6.84. The van der Waals surface area contributed by atoms with Crippen molar-refractivity contribution in [2.75, 3.05) is 0 Å². The van der Waals surface area contributed by atoms with Gasteiger partial charge in [-0.1, -0.05) is 42.5 Å². The maximum atomic E-state index is 11.4. The smallest absolute Gasteiger partial charge is 0.270 e. The van der Waals surface area contributed by atoms with Crippen LogP contribution in [-0.4, -0.2) is 24.9 Å². The summed E-state index contributed by atoms with van der Waals surface area (Å²) in [6.45, 7) is 6.00. The summed E-state index contributed by atoms with van der Waals surface area (Å²) in [5, 5.41) is 18.3. The molecule has 0 fully saturated rings. The van der Waals surface area contributed by atoms with Crippen LogP contribution >= 0.6 is 11.3 Å². The zero-order valence-corrected chi connectivity index (χ0v) is 21.4. The van der Waals surface area contributed by atoms with E-state index in [-0.39, 0.29) is 5.69 Å². The maximum Gasteiger partial charge on any atom is 0.270 e. The molecule has 37 heavy (non-hydrogen) atoms. The minimum Gasteiger partial charge on any atom is -0.306 e. The molecule has 5 rings (SSSR count). The van der Waals surface area contributed by atoms with Crippen molar-refractivity contribution >= 4 is 28.4 Å². The predicted molar refractivity (Wildman–Crippen MR) is 147 cm³/mol. The number of aromatic nitrogens is 3. The second-order valence-electron chi connectivity index (χ2n) is 8.58. The minimum absolute atomic E-state index is 0.0271. The first kappa shape index (κ1) is 24.1. The minimum atomic E-state index is -0.390. The van der Waals surface area contributed by atoms with E-state index in [1.165, 1.54) is 17.4 Å². The van der Waals surface area contributed by atoms with Crippen molar-refractivity contribution in [1.29, 1.82) is 0 Å². The highest BCUT2D eigenvalue weighted by molar-refractivity contribution is 7.07. The van der Waals surface area contributed by atoms with Crippen LogP contribution in [-0.2, 0) is 0 Å². The van der Waals surface area contributed by atoms with Crippen molar-refractivity contribution in [1.82, 2.24) is 14.2 Å². The molecule has 3 aromatic carbocycles. The average molecular weight is 509 g/mol. The van der Waals surface area contributed by atoms with Crippen LogP contribution in [0, 0.1) is 24.0 Å². The van der Waals surface area contributed by atoms with E-state index in [0.29, 0.717) is 10.4 Å². The van der Waals surface area contributed by atoms with Crippen LogP contribution in [0.15, 0.2) is 101 Å². The van der Waals surface area contributed by atoms with Gasteiger partial charge in [-0.05, 0) is 49.6 Å². The monoisotopic (exact) mass is 508 g/mol. The number of benzene rings is 3. The molecule has 2 aromatic heterocycles. The second kappa shape index (κ2) is 10.2. The molecule has 0 saturated heterocycles. The zero-order valence-electron chi connectivity index (χ0n) is 20.6. The number of aryl methyl sites for hydroxylation is 2. The summed E-state index contributed by atoms with van der Waals surface area (Å²) in [6, 6.07) is 20.7. The Labute approximate surface area is 217 Å².